The lowest BCUT2D eigenvalue weighted by Gasteiger charge is -2.28. The molecule has 8 nitrogen and oxygen atoms in total. The van der Waals surface area contributed by atoms with Crippen molar-refractivity contribution in [1.29, 1.82) is 0 Å². The molecule has 2 amide bonds. The number of ether oxygens (including phenoxy) is 1. The van der Waals surface area contributed by atoms with Gasteiger partial charge in [-0.05, 0) is 32.3 Å². The number of anilines is 2. The zero-order valence-electron chi connectivity index (χ0n) is 17.9. The van der Waals surface area contributed by atoms with Gasteiger partial charge in [-0.3, -0.25) is 9.88 Å². The van der Waals surface area contributed by atoms with Gasteiger partial charge in [0, 0.05) is 19.2 Å². The zero-order valence-corrected chi connectivity index (χ0v) is 19.4. The van der Waals surface area contributed by atoms with Gasteiger partial charge in [-0.25, -0.2) is 14.3 Å². The third-order valence-electron chi connectivity index (χ3n) is 6.20. The van der Waals surface area contributed by atoms with Gasteiger partial charge in [-0.2, -0.15) is 18.3 Å². The van der Waals surface area contributed by atoms with Crippen molar-refractivity contribution in [2.45, 2.75) is 43.9 Å². The van der Waals surface area contributed by atoms with Gasteiger partial charge in [0.25, 0.3) is 0 Å². The first-order chi connectivity index (χ1) is 16.1. The second kappa shape index (κ2) is 8.24. The number of amides is 2. The van der Waals surface area contributed by atoms with E-state index >= 15 is 0 Å². The summed E-state index contributed by atoms with van der Waals surface area (Å²) in [5, 5.41) is 6.85. The summed E-state index contributed by atoms with van der Waals surface area (Å²) in [4.78, 5) is 22.5. The molecule has 3 aromatic rings. The van der Waals surface area contributed by atoms with Crippen LogP contribution in [-0.4, -0.2) is 44.9 Å². The molecule has 0 bridgehead atoms. The van der Waals surface area contributed by atoms with Crippen LogP contribution >= 0.6 is 23.2 Å². The second-order valence-electron chi connectivity index (χ2n) is 8.52. The van der Waals surface area contributed by atoms with Gasteiger partial charge in [0.15, 0.2) is 10.8 Å². The molecule has 5 heterocycles. The Kier molecular flexibility index (Phi) is 5.61. The van der Waals surface area contributed by atoms with Gasteiger partial charge < -0.3 is 10.1 Å². The predicted molar refractivity (Wildman–Crippen MR) is 120 cm³/mol. The minimum atomic E-state index is -4.67. The number of alkyl halides is 3. The van der Waals surface area contributed by atoms with E-state index in [1.54, 1.807) is 0 Å². The summed E-state index contributed by atoms with van der Waals surface area (Å²) in [6.07, 6.45) is 0.491. The molecule has 2 atom stereocenters. The van der Waals surface area contributed by atoms with E-state index in [-0.39, 0.29) is 34.0 Å². The van der Waals surface area contributed by atoms with E-state index in [9.17, 15) is 18.0 Å². The maximum atomic E-state index is 14.2. The van der Waals surface area contributed by atoms with Gasteiger partial charge in [0.2, 0.25) is 0 Å². The summed E-state index contributed by atoms with van der Waals surface area (Å²) in [6.45, 7) is 0.979. The van der Waals surface area contributed by atoms with Gasteiger partial charge in [-0.15, -0.1) is 0 Å². The number of urea groups is 1. The fourth-order valence-electron chi connectivity index (χ4n) is 4.39. The highest BCUT2D eigenvalue weighted by molar-refractivity contribution is 6.31. The Balaban J connectivity index is 1.46. The van der Waals surface area contributed by atoms with Gasteiger partial charge >= 0.3 is 12.2 Å². The van der Waals surface area contributed by atoms with Crippen molar-refractivity contribution in [1.82, 2.24) is 19.6 Å². The van der Waals surface area contributed by atoms with Crippen LogP contribution < -0.4 is 10.2 Å². The first kappa shape index (κ1) is 23.1. The molecule has 1 saturated heterocycles. The molecule has 1 N–H and O–H groups in total. The second-order valence-corrected chi connectivity index (χ2v) is 9.32. The molecule has 2 aliphatic rings. The number of carbonyl (C=O) groups excluding carboxylic acids is 1. The van der Waals surface area contributed by atoms with Crippen LogP contribution in [0.2, 0.25) is 10.2 Å². The third-order valence-corrected chi connectivity index (χ3v) is 6.69. The maximum absolute atomic E-state index is 14.2. The van der Waals surface area contributed by atoms with E-state index < -0.39 is 24.2 Å². The quantitative estimate of drug-likeness (QED) is 0.484. The van der Waals surface area contributed by atoms with E-state index in [0.29, 0.717) is 17.3 Å². The Hall–Kier alpha value is -2.63. The summed E-state index contributed by atoms with van der Waals surface area (Å²) >= 11 is 12.3. The van der Waals surface area contributed by atoms with Gasteiger partial charge in [0.05, 0.1) is 40.2 Å². The Morgan fingerprint density at radius 3 is 2.71 bits per heavy atom. The number of nitrogens with zero attached hydrogens (tertiary/aromatic N) is 5. The number of carbonyl (C=O) groups is 1. The molecule has 34 heavy (non-hydrogen) atoms. The Labute approximate surface area is 202 Å². The number of fused-ring (bicyclic) bond motifs is 3. The topological polar surface area (TPSA) is 84.7 Å². The number of nitrogens with one attached hydrogen (secondary N) is 1. The van der Waals surface area contributed by atoms with Crippen molar-refractivity contribution in [2.75, 3.05) is 23.4 Å². The maximum Gasteiger partial charge on any atom is 0.401 e. The van der Waals surface area contributed by atoms with E-state index in [2.05, 4.69) is 20.4 Å². The van der Waals surface area contributed by atoms with Crippen LogP contribution in [0, 0.1) is 0 Å². The summed E-state index contributed by atoms with van der Waals surface area (Å²) < 4.78 is 49.4. The minimum absolute atomic E-state index is 0.00363. The number of aromatic nitrogens is 4. The van der Waals surface area contributed by atoms with Crippen molar-refractivity contribution in [3.05, 3.63) is 46.1 Å². The minimum Gasteiger partial charge on any atom is -0.372 e. The summed E-state index contributed by atoms with van der Waals surface area (Å²) in [5.74, 6) is 0. The molecule has 0 aromatic carbocycles. The molecule has 5 rings (SSSR count). The summed E-state index contributed by atoms with van der Waals surface area (Å²) in [7, 11) is 0. The number of hydrogen-bond acceptors (Lipinski definition) is 5. The molecule has 3 aromatic heterocycles. The van der Waals surface area contributed by atoms with Crippen molar-refractivity contribution >= 4 is 46.3 Å². The van der Waals surface area contributed by atoms with Crippen LogP contribution in [0.5, 0.6) is 0 Å². The van der Waals surface area contributed by atoms with Crippen molar-refractivity contribution < 1.29 is 22.7 Å². The highest BCUT2D eigenvalue weighted by Gasteiger charge is 2.60. The Morgan fingerprint density at radius 2 is 2.03 bits per heavy atom. The lowest BCUT2D eigenvalue weighted by atomic mass is 9.88. The van der Waals surface area contributed by atoms with Crippen LogP contribution in [0.25, 0.3) is 5.65 Å². The zero-order chi connectivity index (χ0) is 24.3. The molecule has 0 saturated carbocycles. The van der Waals surface area contributed by atoms with Crippen LogP contribution in [0.1, 0.15) is 43.7 Å². The SMILES string of the molecule is C[C@@]1(C(F)(F)F)CN(C(=O)Nc2cnc([C@H]3CCCCO3)c(Cl)c2)c2cnc3cc(Cl)nn3c21. The van der Waals surface area contributed by atoms with Crippen LogP contribution in [-0.2, 0) is 10.2 Å². The van der Waals surface area contributed by atoms with Gasteiger partial charge in [-0.1, -0.05) is 23.2 Å². The monoisotopic (exact) mass is 514 g/mol. The molecule has 180 valence electrons. The molecular weight excluding hydrogens is 496 g/mol. The molecule has 1 fully saturated rings. The van der Waals surface area contributed by atoms with Crippen LogP contribution in [0.15, 0.2) is 24.5 Å². The normalized spacial score (nSPS) is 22.8. The predicted octanol–water partition coefficient (Wildman–Crippen LogP) is 5.54. The number of pyridine rings is 1. The molecular formula is C21H19Cl2F3N6O2. The average molecular weight is 515 g/mol. The van der Waals surface area contributed by atoms with Crippen molar-refractivity contribution in [3.63, 3.8) is 0 Å². The first-order valence-electron chi connectivity index (χ1n) is 10.6. The Bertz CT molecular complexity index is 1280. The van der Waals surface area contributed by atoms with E-state index in [0.717, 1.165) is 35.6 Å². The standard InChI is InChI=1S/C21H19Cl2F3N6O2/c1-20(21(24,25)26)10-31(13-9-27-16-7-15(23)30-32(16)18(13)20)19(33)29-11-6-12(22)17(28-8-11)14-4-2-3-5-34-14/h6-9,14H,2-5,10H2,1H3,(H,29,33)/t14-,20-/m1/s1. The average Bonchev–Trinajstić information content (AvgIpc) is 3.31. The van der Waals surface area contributed by atoms with E-state index in [1.807, 2.05) is 0 Å². The highest BCUT2D eigenvalue weighted by Crippen LogP contribution is 2.50. The van der Waals surface area contributed by atoms with Gasteiger partial charge in [0.1, 0.15) is 11.5 Å². The molecule has 0 unspecified atom stereocenters. The lowest BCUT2D eigenvalue weighted by molar-refractivity contribution is -0.181. The van der Waals surface area contributed by atoms with Crippen LogP contribution in [0.3, 0.4) is 0 Å². The van der Waals surface area contributed by atoms with Crippen LogP contribution in [0.4, 0.5) is 29.3 Å². The van der Waals surface area contributed by atoms with Crippen molar-refractivity contribution in [3.8, 4) is 0 Å². The number of rotatable bonds is 2. The molecule has 0 radical (unpaired) electrons. The Morgan fingerprint density at radius 1 is 1.24 bits per heavy atom. The third kappa shape index (κ3) is 3.75. The molecule has 0 spiro atoms. The van der Waals surface area contributed by atoms with E-state index in [4.69, 9.17) is 27.9 Å². The van der Waals surface area contributed by atoms with Crippen molar-refractivity contribution in [2.24, 2.45) is 0 Å². The van der Waals surface area contributed by atoms with E-state index in [1.165, 1.54) is 24.5 Å². The first-order valence-corrected chi connectivity index (χ1v) is 11.3. The fraction of sp³-hybridized carbons (Fsp3) is 0.429. The summed E-state index contributed by atoms with van der Waals surface area (Å²) in [5.41, 5.74) is -1.67. The molecule has 0 aliphatic carbocycles. The largest absolute Gasteiger partial charge is 0.401 e. The number of halogens is 5. The highest BCUT2D eigenvalue weighted by atomic mass is 35.5. The molecule has 13 heteroatoms. The molecule has 2 aliphatic heterocycles. The lowest BCUT2D eigenvalue weighted by Crippen LogP contribution is -2.46. The smallest absolute Gasteiger partial charge is 0.372 e. The summed E-state index contributed by atoms with van der Waals surface area (Å²) in [6, 6.07) is 2.08. The number of hydrogen-bond donors (Lipinski definition) is 1. The fourth-order valence-corrected chi connectivity index (χ4v) is 4.85.